The van der Waals surface area contributed by atoms with E-state index in [1.54, 1.807) is 0 Å². The van der Waals surface area contributed by atoms with Gasteiger partial charge in [-0.1, -0.05) is 42.0 Å². The van der Waals surface area contributed by atoms with E-state index in [9.17, 15) is 9.59 Å². The smallest absolute Gasteiger partial charge is 0.410 e. The Kier molecular flexibility index (Phi) is 7.76. The molecule has 170 valence electrons. The van der Waals surface area contributed by atoms with Crippen molar-refractivity contribution in [3.05, 3.63) is 47.5 Å². The SMILES string of the molecule is COC(=O)CCCC=C1C2CN(Cc3ccccc3)CC1CN(C(=O)OC(C)(C)C)C2. The van der Waals surface area contributed by atoms with Crippen LogP contribution in [0.1, 0.15) is 45.6 Å². The molecular weight excluding hydrogens is 392 g/mol. The minimum atomic E-state index is -0.491. The number of ether oxygens (including phenoxy) is 2. The molecule has 2 unspecified atom stereocenters. The van der Waals surface area contributed by atoms with Crippen molar-refractivity contribution in [1.29, 1.82) is 0 Å². The zero-order chi connectivity index (χ0) is 22.4. The molecule has 2 aliphatic rings. The lowest BCUT2D eigenvalue weighted by Gasteiger charge is -2.48. The predicted molar refractivity (Wildman–Crippen MR) is 120 cm³/mol. The number of unbranched alkanes of at least 4 members (excludes halogenated alkanes) is 1. The van der Waals surface area contributed by atoms with Crippen LogP contribution in [0.4, 0.5) is 4.79 Å². The number of amides is 1. The first-order valence-electron chi connectivity index (χ1n) is 11.3. The third kappa shape index (κ3) is 6.82. The largest absolute Gasteiger partial charge is 0.469 e. The molecule has 1 aromatic rings. The summed E-state index contributed by atoms with van der Waals surface area (Å²) < 4.78 is 10.4. The van der Waals surface area contributed by atoms with Gasteiger partial charge < -0.3 is 14.4 Å². The van der Waals surface area contributed by atoms with Gasteiger partial charge in [0.2, 0.25) is 0 Å². The third-order valence-electron chi connectivity index (χ3n) is 5.87. The van der Waals surface area contributed by atoms with Crippen LogP contribution in [0.5, 0.6) is 0 Å². The minimum Gasteiger partial charge on any atom is -0.469 e. The number of carbonyl (C=O) groups excluding carboxylic acids is 2. The lowest BCUT2D eigenvalue weighted by Crippen LogP contribution is -2.55. The van der Waals surface area contributed by atoms with Crippen LogP contribution in [-0.4, -0.2) is 60.8 Å². The van der Waals surface area contributed by atoms with Crippen molar-refractivity contribution in [2.24, 2.45) is 11.8 Å². The maximum Gasteiger partial charge on any atom is 0.410 e. The minimum absolute atomic E-state index is 0.160. The van der Waals surface area contributed by atoms with Crippen LogP contribution in [0.3, 0.4) is 0 Å². The van der Waals surface area contributed by atoms with Crippen molar-refractivity contribution >= 4 is 12.1 Å². The van der Waals surface area contributed by atoms with Gasteiger partial charge in [0.1, 0.15) is 5.60 Å². The highest BCUT2D eigenvalue weighted by atomic mass is 16.6. The standard InChI is InChI=1S/C25H36N2O4/c1-25(2,3)31-24(29)27-17-20-15-26(14-19-10-6-5-7-11-19)16-21(18-27)22(20)12-8-9-13-23(28)30-4/h5-7,10-12,20-21H,8-9,13-18H2,1-4H3. The molecule has 0 aromatic heterocycles. The van der Waals surface area contributed by atoms with E-state index in [-0.39, 0.29) is 12.1 Å². The van der Waals surface area contributed by atoms with Crippen molar-refractivity contribution in [3.63, 3.8) is 0 Å². The van der Waals surface area contributed by atoms with Gasteiger partial charge in [0.05, 0.1) is 7.11 Å². The van der Waals surface area contributed by atoms with Crippen LogP contribution < -0.4 is 0 Å². The Labute approximate surface area is 186 Å². The molecule has 2 saturated heterocycles. The number of rotatable bonds is 6. The number of likely N-dealkylation sites (tertiary alicyclic amines) is 2. The zero-order valence-corrected chi connectivity index (χ0v) is 19.3. The van der Waals surface area contributed by atoms with Crippen LogP contribution in [0.15, 0.2) is 42.0 Å². The Balaban J connectivity index is 1.68. The van der Waals surface area contributed by atoms with E-state index >= 15 is 0 Å². The molecule has 3 rings (SSSR count). The van der Waals surface area contributed by atoms with E-state index in [4.69, 9.17) is 9.47 Å². The van der Waals surface area contributed by atoms with Gasteiger partial charge in [-0.15, -0.1) is 0 Å². The van der Waals surface area contributed by atoms with E-state index in [0.717, 1.165) is 32.5 Å². The van der Waals surface area contributed by atoms with Gasteiger partial charge >= 0.3 is 12.1 Å². The van der Waals surface area contributed by atoms with Crippen LogP contribution in [0.25, 0.3) is 0 Å². The van der Waals surface area contributed by atoms with Gasteiger partial charge in [-0.3, -0.25) is 9.69 Å². The molecule has 1 amide bonds. The van der Waals surface area contributed by atoms with E-state index in [1.165, 1.54) is 18.2 Å². The Morgan fingerprint density at radius 2 is 1.71 bits per heavy atom. The van der Waals surface area contributed by atoms with Crippen LogP contribution in [0, 0.1) is 11.8 Å². The maximum atomic E-state index is 12.7. The number of piperidine rings is 2. The Morgan fingerprint density at radius 1 is 1.06 bits per heavy atom. The number of esters is 1. The molecule has 2 heterocycles. The Bertz CT molecular complexity index is 766. The Hall–Kier alpha value is -2.34. The summed E-state index contributed by atoms with van der Waals surface area (Å²) in [7, 11) is 1.43. The van der Waals surface area contributed by atoms with Crippen molar-refractivity contribution in [2.75, 3.05) is 33.3 Å². The number of allylic oxidation sites excluding steroid dienone is 1. The monoisotopic (exact) mass is 428 g/mol. The van der Waals surface area contributed by atoms with Gasteiger partial charge in [0, 0.05) is 51.0 Å². The average Bonchev–Trinajstić information content (AvgIpc) is 2.70. The van der Waals surface area contributed by atoms with Gasteiger partial charge in [-0.2, -0.15) is 0 Å². The molecule has 6 heteroatoms. The molecule has 2 fully saturated rings. The van der Waals surface area contributed by atoms with Gasteiger partial charge in [-0.05, 0) is 39.2 Å². The molecule has 31 heavy (non-hydrogen) atoms. The van der Waals surface area contributed by atoms with E-state index < -0.39 is 5.60 Å². The molecule has 0 radical (unpaired) electrons. The molecular formula is C25H36N2O4. The quantitative estimate of drug-likeness (QED) is 0.385. The second kappa shape index (κ2) is 10.3. The number of hydrogen-bond acceptors (Lipinski definition) is 5. The number of carbonyl (C=O) groups is 2. The van der Waals surface area contributed by atoms with E-state index in [2.05, 4.69) is 35.2 Å². The number of benzene rings is 1. The normalized spacial score (nSPS) is 21.5. The van der Waals surface area contributed by atoms with Crippen LogP contribution >= 0.6 is 0 Å². The highest BCUT2D eigenvalue weighted by molar-refractivity contribution is 5.69. The second-order valence-electron chi connectivity index (χ2n) is 9.63. The molecule has 1 aromatic carbocycles. The molecule has 2 atom stereocenters. The summed E-state index contributed by atoms with van der Waals surface area (Å²) in [5, 5.41) is 0. The van der Waals surface area contributed by atoms with Crippen molar-refractivity contribution in [2.45, 2.75) is 52.2 Å². The first-order valence-corrected chi connectivity index (χ1v) is 11.3. The summed E-state index contributed by atoms with van der Waals surface area (Å²) in [5.74, 6) is 0.427. The summed E-state index contributed by atoms with van der Waals surface area (Å²) in [6.45, 7) is 9.85. The molecule has 0 N–H and O–H groups in total. The molecule has 6 nitrogen and oxygen atoms in total. The number of hydrogen-bond donors (Lipinski definition) is 0. The van der Waals surface area contributed by atoms with Crippen molar-refractivity contribution < 1.29 is 19.1 Å². The number of fused-ring (bicyclic) bond motifs is 2. The molecule has 2 aliphatic heterocycles. The Morgan fingerprint density at radius 3 is 2.29 bits per heavy atom. The molecule has 0 spiro atoms. The first kappa shape index (κ1) is 23.3. The second-order valence-corrected chi connectivity index (χ2v) is 9.63. The number of methoxy groups -OCH3 is 1. The molecule has 0 saturated carbocycles. The number of nitrogens with zero attached hydrogens (tertiary/aromatic N) is 2. The fourth-order valence-corrected chi connectivity index (χ4v) is 4.57. The summed E-state index contributed by atoms with van der Waals surface area (Å²) in [6, 6.07) is 10.5. The highest BCUT2D eigenvalue weighted by Gasteiger charge is 2.40. The molecule has 2 bridgehead atoms. The predicted octanol–water partition coefficient (Wildman–Crippen LogP) is 4.26. The van der Waals surface area contributed by atoms with E-state index in [1.807, 2.05) is 31.7 Å². The summed E-state index contributed by atoms with van der Waals surface area (Å²) in [6.07, 6.45) is 4.19. The first-order chi connectivity index (χ1) is 14.7. The van der Waals surface area contributed by atoms with Gasteiger partial charge in [-0.25, -0.2) is 4.79 Å². The van der Waals surface area contributed by atoms with Crippen LogP contribution in [0.2, 0.25) is 0 Å². The van der Waals surface area contributed by atoms with E-state index in [0.29, 0.717) is 31.3 Å². The summed E-state index contributed by atoms with van der Waals surface area (Å²) in [4.78, 5) is 28.5. The lowest BCUT2D eigenvalue weighted by molar-refractivity contribution is -0.140. The highest BCUT2D eigenvalue weighted by Crippen LogP contribution is 2.35. The van der Waals surface area contributed by atoms with Crippen molar-refractivity contribution in [1.82, 2.24) is 9.80 Å². The topological polar surface area (TPSA) is 59.1 Å². The van der Waals surface area contributed by atoms with Crippen LogP contribution in [-0.2, 0) is 20.8 Å². The zero-order valence-electron chi connectivity index (χ0n) is 19.3. The fraction of sp³-hybridized carbons (Fsp3) is 0.600. The fourth-order valence-electron chi connectivity index (χ4n) is 4.57. The molecule has 0 aliphatic carbocycles. The van der Waals surface area contributed by atoms with Crippen molar-refractivity contribution in [3.8, 4) is 0 Å². The third-order valence-corrected chi connectivity index (χ3v) is 5.87. The summed E-state index contributed by atoms with van der Waals surface area (Å²) >= 11 is 0. The lowest BCUT2D eigenvalue weighted by atomic mass is 9.78. The van der Waals surface area contributed by atoms with Gasteiger partial charge in [0.25, 0.3) is 0 Å². The van der Waals surface area contributed by atoms with Gasteiger partial charge in [0.15, 0.2) is 0 Å². The average molecular weight is 429 g/mol. The maximum absolute atomic E-state index is 12.7. The summed E-state index contributed by atoms with van der Waals surface area (Å²) in [5.41, 5.74) is 2.26.